The molecule has 0 N–H and O–H groups in total. The largest absolute Gasteiger partial charge is 0.375 e. The minimum absolute atomic E-state index is 0.0627. The van der Waals surface area contributed by atoms with Crippen molar-refractivity contribution in [3.63, 3.8) is 0 Å². The van der Waals surface area contributed by atoms with Gasteiger partial charge in [-0.1, -0.05) is 133 Å². The molecule has 4 aromatic heterocycles. The van der Waals surface area contributed by atoms with Gasteiger partial charge in [0.1, 0.15) is 0 Å². The van der Waals surface area contributed by atoms with Crippen LogP contribution in [-0.2, 0) is 0 Å². The molecule has 14 aromatic rings. The SMILES string of the molecule is CSc1cc2c3c4c1c1ccccc1n4-c1cc4c(cc1B3n1c3ccccc3c3cccc-2c31)B1c2c(cc(-c3c(C)cc(C)cc3C)c3c5ccccc5n-4c23)-c2cccc3c4ccccc4n1c23. The summed E-state index contributed by atoms with van der Waals surface area (Å²) in [5.41, 5.74) is 30.3. The normalized spacial score (nSPS) is 13.6. The molecule has 10 aromatic carbocycles. The summed E-state index contributed by atoms with van der Waals surface area (Å²) >= 11 is 1.88. The molecule has 8 heterocycles. The summed E-state index contributed by atoms with van der Waals surface area (Å²) in [6.45, 7) is 6.71. The van der Waals surface area contributed by atoms with Crippen LogP contribution < -0.4 is 21.9 Å². The van der Waals surface area contributed by atoms with Crippen molar-refractivity contribution in [2.75, 3.05) is 6.26 Å². The maximum absolute atomic E-state index is 2.74. The average molecular weight is 919 g/mol. The highest BCUT2D eigenvalue weighted by Crippen LogP contribution is 2.50. The monoisotopic (exact) mass is 918 g/mol. The maximum Gasteiger partial charge on any atom is 0.333 e. The van der Waals surface area contributed by atoms with E-state index in [1.54, 1.807) is 0 Å². The van der Waals surface area contributed by atoms with E-state index in [4.69, 9.17) is 0 Å². The number of aryl methyl sites for hydroxylation is 3. The molecule has 0 aliphatic carbocycles. The molecule has 0 saturated carbocycles. The van der Waals surface area contributed by atoms with Crippen LogP contribution >= 0.6 is 11.8 Å². The van der Waals surface area contributed by atoms with Crippen molar-refractivity contribution in [2.24, 2.45) is 0 Å². The smallest absolute Gasteiger partial charge is 0.333 e. The van der Waals surface area contributed by atoms with Crippen molar-refractivity contribution in [1.29, 1.82) is 0 Å². The van der Waals surface area contributed by atoms with E-state index in [1.807, 2.05) is 11.8 Å². The highest BCUT2D eigenvalue weighted by Gasteiger charge is 2.47. The molecular weight excluding hydrogens is 878 g/mol. The van der Waals surface area contributed by atoms with E-state index in [1.165, 1.54) is 175 Å². The van der Waals surface area contributed by atoms with Gasteiger partial charge >= 0.3 is 13.7 Å². The van der Waals surface area contributed by atoms with Crippen molar-refractivity contribution in [1.82, 2.24) is 18.1 Å². The number of rotatable bonds is 2. The Morgan fingerprint density at radius 3 is 1.39 bits per heavy atom. The number of aromatic nitrogens is 4. The van der Waals surface area contributed by atoms with Crippen LogP contribution in [0.4, 0.5) is 0 Å². The Balaban J connectivity index is 1.08. The zero-order valence-electron chi connectivity index (χ0n) is 39.5. The van der Waals surface area contributed by atoms with Crippen molar-refractivity contribution in [3.8, 4) is 44.8 Å². The fourth-order valence-electron chi connectivity index (χ4n) is 15.2. The first-order valence-corrected chi connectivity index (χ1v) is 26.3. The molecule has 4 aliphatic rings. The second kappa shape index (κ2) is 12.6. The van der Waals surface area contributed by atoms with E-state index in [-0.39, 0.29) is 13.7 Å². The van der Waals surface area contributed by atoms with Crippen LogP contribution in [0.5, 0.6) is 0 Å². The lowest BCUT2D eigenvalue weighted by Crippen LogP contribution is -2.60. The van der Waals surface area contributed by atoms with Gasteiger partial charge in [-0.2, -0.15) is 0 Å². The molecule has 0 amide bonds. The van der Waals surface area contributed by atoms with Crippen LogP contribution in [0.25, 0.3) is 132 Å². The summed E-state index contributed by atoms with van der Waals surface area (Å²) in [6, 6.07) is 66.0. The number of para-hydroxylation sites is 6. The molecule has 0 spiro atoms. The lowest BCUT2D eigenvalue weighted by Gasteiger charge is -2.38. The molecule has 0 saturated heterocycles. The van der Waals surface area contributed by atoms with Gasteiger partial charge in [-0.25, -0.2) is 0 Å². The standard InChI is InChI=1S/C64H40B2N4S/c1-33-27-34(2)56(35(3)28-33)46-29-44-40-21-13-19-38-36-15-5-11-25-51(36)69(61(38)40)65-47-31-48-54(32-53(47)67-49-23-9-7-17-42(49)57(46)63(67)59(44)65)68-50-24-10-8-18-43(50)58-55(71-4)30-45-41-22-14-20-39-37-16-6-12-26-52(37)70(62(39)41)66(48)60(45)64(58)68/h5-32H,1-4H3. The van der Waals surface area contributed by atoms with Crippen molar-refractivity contribution >= 4 is 135 Å². The number of thioether (sulfide) groups is 1. The third kappa shape index (κ3) is 4.20. The molecule has 4 aliphatic heterocycles. The summed E-state index contributed by atoms with van der Waals surface area (Å²) in [4.78, 5) is 1.33. The van der Waals surface area contributed by atoms with Gasteiger partial charge in [0, 0.05) is 92.6 Å². The quantitative estimate of drug-likeness (QED) is 0.125. The van der Waals surface area contributed by atoms with Crippen LogP contribution in [0.15, 0.2) is 175 Å². The van der Waals surface area contributed by atoms with Crippen molar-refractivity contribution < 1.29 is 0 Å². The zero-order chi connectivity index (χ0) is 46.4. The molecule has 328 valence electrons. The van der Waals surface area contributed by atoms with Gasteiger partial charge in [0.15, 0.2) is 0 Å². The minimum Gasteiger partial charge on any atom is -0.375 e. The van der Waals surface area contributed by atoms with Crippen LogP contribution in [-0.4, -0.2) is 38.0 Å². The van der Waals surface area contributed by atoms with Gasteiger partial charge in [-0.3, -0.25) is 0 Å². The number of hydrogen-bond donors (Lipinski definition) is 0. The molecule has 0 unspecified atom stereocenters. The molecule has 0 bridgehead atoms. The van der Waals surface area contributed by atoms with E-state index in [9.17, 15) is 0 Å². The van der Waals surface area contributed by atoms with Gasteiger partial charge in [-0.05, 0) is 125 Å². The highest BCUT2D eigenvalue weighted by atomic mass is 32.2. The van der Waals surface area contributed by atoms with Gasteiger partial charge < -0.3 is 18.1 Å². The molecule has 0 fully saturated rings. The van der Waals surface area contributed by atoms with Crippen LogP contribution in [0, 0.1) is 20.8 Å². The molecule has 0 radical (unpaired) electrons. The Morgan fingerprint density at radius 1 is 0.380 bits per heavy atom. The van der Waals surface area contributed by atoms with Crippen molar-refractivity contribution in [2.45, 2.75) is 25.7 Å². The predicted octanol–water partition coefficient (Wildman–Crippen LogP) is 13.3. The fourth-order valence-corrected chi connectivity index (χ4v) is 15.8. The number of benzene rings is 10. The predicted molar refractivity (Wildman–Crippen MR) is 304 cm³/mol. The Bertz CT molecular complexity index is 4900. The zero-order valence-corrected chi connectivity index (χ0v) is 40.3. The average Bonchev–Trinajstić information content (AvgIpc) is 4.14. The van der Waals surface area contributed by atoms with Gasteiger partial charge in [0.05, 0.1) is 22.1 Å². The summed E-state index contributed by atoms with van der Waals surface area (Å²) in [6.07, 6.45) is 2.26. The molecule has 7 heteroatoms. The van der Waals surface area contributed by atoms with E-state index in [2.05, 4.69) is 215 Å². The van der Waals surface area contributed by atoms with Crippen LogP contribution in [0.3, 0.4) is 0 Å². The van der Waals surface area contributed by atoms with E-state index in [0.29, 0.717) is 0 Å². The van der Waals surface area contributed by atoms with Crippen LogP contribution in [0.1, 0.15) is 16.7 Å². The van der Waals surface area contributed by atoms with Crippen molar-refractivity contribution in [3.05, 3.63) is 187 Å². The van der Waals surface area contributed by atoms with Crippen LogP contribution in [0.2, 0.25) is 0 Å². The molecule has 71 heavy (non-hydrogen) atoms. The second-order valence-corrected chi connectivity index (χ2v) is 21.7. The first-order valence-electron chi connectivity index (χ1n) is 25.0. The summed E-state index contributed by atoms with van der Waals surface area (Å²) in [7, 11) is 0. The van der Waals surface area contributed by atoms with Gasteiger partial charge in [0.25, 0.3) is 0 Å². The van der Waals surface area contributed by atoms with E-state index < -0.39 is 0 Å². The van der Waals surface area contributed by atoms with E-state index >= 15 is 0 Å². The molecule has 18 rings (SSSR count). The minimum atomic E-state index is -0.0883. The number of fused-ring (bicyclic) bond motifs is 22. The Labute approximate surface area is 413 Å². The summed E-state index contributed by atoms with van der Waals surface area (Å²) in [5.74, 6) is 0. The van der Waals surface area contributed by atoms with Gasteiger partial charge in [0.2, 0.25) is 0 Å². The topological polar surface area (TPSA) is 19.7 Å². The fraction of sp³-hybridized carbons (Fsp3) is 0.0625. The maximum atomic E-state index is 2.74. The Hall–Kier alpha value is -8.12. The third-order valence-electron chi connectivity index (χ3n) is 17.4. The first kappa shape index (κ1) is 37.7. The summed E-state index contributed by atoms with van der Waals surface area (Å²) < 4.78 is 10.8. The first-order chi connectivity index (χ1) is 35.0. The second-order valence-electron chi connectivity index (χ2n) is 20.8. The number of nitrogens with zero attached hydrogens (tertiary/aromatic N) is 4. The highest BCUT2D eigenvalue weighted by molar-refractivity contribution is 7.98. The molecule has 0 atom stereocenters. The third-order valence-corrected chi connectivity index (χ3v) is 18.2. The molecular formula is C64H40B2N4S. The Kier molecular flexibility index (Phi) is 6.70. The number of hydrogen-bond acceptors (Lipinski definition) is 1. The Morgan fingerprint density at radius 2 is 0.845 bits per heavy atom. The van der Waals surface area contributed by atoms with E-state index in [0.717, 1.165) is 0 Å². The van der Waals surface area contributed by atoms with Gasteiger partial charge in [-0.15, -0.1) is 11.8 Å². The lowest BCUT2D eigenvalue weighted by atomic mass is 9.41. The molecule has 4 nitrogen and oxygen atoms in total. The lowest BCUT2D eigenvalue weighted by molar-refractivity contribution is 1.13. The summed E-state index contributed by atoms with van der Waals surface area (Å²) in [5, 5.41) is 10.5.